The van der Waals surface area contributed by atoms with Gasteiger partial charge in [0.25, 0.3) is 0 Å². The molecule has 0 aliphatic carbocycles. The molecule has 0 fully saturated rings. The van der Waals surface area contributed by atoms with Crippen molar-refractivity contribution < 1.29 is 0 Å². The van der Waals surface area contributed by atoms with E-state index in [1.807, 2.05) is 54.6 Å². The number of aromatic nitrogens is 5. The molecule has 10 aromatic carbocycles. The number of rotatable bonds is 7. The minimum atomic E-state index is 0.583. The van der Waals surface area contributed by atoms with Crippen LogP contribution in [0.4, 0.5) is 0 Å². The first-order valence-electron chi connectivity index (χ1n) is 23.9. The molecule has 14 rings (SSSR count). The summed E-state index contributed by atoms with van der Waals surface area (Å²) in [6.45, 7) is 0. The summed E-state index contributed by atoms with van der Waals surface area (Å²) >= 11 is 0. The summed E-state index contributed by atoms with van der Waals surface area (Å²) in [6, 6.07) is 87.8. The summed E-state index contributed by atoms with van der Waals surface area (Å²) in [4.78, 5) is 10.0. The number of nitriles is 1. The van der Waals surface area contributed by atoms with Gasteiger partial charge in [0.1, 0.15) is 6.07 Å². The number of nitrogens with zero attached hydrogens (tertiary/aromatic N) is 6. The van der Waals surface area contributed by atoms with E-state index in [4.69, 9.17) is 9.97 Å². The van der Waals surface area contributed by atoms with E-state index in [1.54, 1.807) is 0 Å². The summed E-state index contributed by atoms with van der Waals surface area (Å²) in [5.41, 5.74) is 16.9. The van der Waals surface area contributed by atoms with E-state index in [2.05, 4.69) is 208 Å². The van der Waals surface area contributed by atoms with Crippen molar-refractivity contribution in [1.29, 1.82) is 5.26 Å². The molecule has 0 spiro atoms. The fraction of sp³-hybridized carbons (Fsp3) is 0. The molecule has 4 aromatic heterocycles. The van der Waals surface area contributed by atoms with Gasteiger partial charge < -0.3 is 13.7 Å². The highest BCUT2D eigenvalue weighted by Gasteiger charge is 2.21. The molecule has 6 nitrogen and oxygen atoms in total. The summed E-state index contributed by atoms with van der Waals surface area (Å²) in [5, 5.41) is 18.1. The van der Waals surface area contributed by atoms with Crippen molar-refractivity contribution >= 4 is 65.4 Å². The van der Waals surface area contributed by atoms with Crippen LogP contribution in [0.5, 0.6) is 0 Å². The Kier molecular flexibility index (Phi) is 9.16. The van der Waals surface area contributed by atoms with Crippen molar-refractivity contribution in [2.75, 3.05) is 0 Å². The Balaban J connectivity index is 0.917. The SMILES string of the molecule is N#Cc1cc(-c2ccc(-c3cc(-c4ccccc4)nc(-c4ccccc4)n3)cc2)ccc1-n1c2ccc(-n3c4ccccc4c4ccccc43)cc2c2cc(-n3c4ccccc4c4ccccc43)ccc21. The first-order chi connectivity index (χ1) is 35.2. The van der Waals surface area contributed by atoms with Gasteiger partial charge >= 0.3 is 0 Å². The van der Waals surface area contributed by atoms with Crippen LogP contribution in [0.1, 0.15) is 5.56 Å². The second kappa shape index (κ2) is 16.2. The normalized spacial score (nSPS) is 11.6. The predicted octanol–water partition coefficient (Wildman–Crippen LogP) is 16.3. The molecule has 0 saturated carbocycles. The van der Waals surface area contributed by atoms with Crippen molar-refractivity contribution in [3.8, 4) is 68.2 Å². The highest BCUT2D eigenvalue weighted by molar-refractivity contribution is 6.14. The lowest BCUT2D eigenvalue weighted by molar-refractivity contribution is 1.15. The lowest BCUT2D eigenvalue weighted by Crippen LogP contribution is -1.99. The Hall–Kier alpha value is -9.83. The van der Waals surface area contributed by atoms with Gasteiger partial charge in [0, 0.05) is 60.4 Å². The maximum atomic E-state index is 11.0. The molecule has 0 atom stereocenters. The van der Waals surface area contributed by atoms with E-state index in [1.165, 1.54) is 21.5 Å². The lowest BCUT2D eigenvalue weighted by Gasteiger charge is -2.13. The Morgan fingerprint density at radius 3 is 1.17 bits per heavy atom. The van der Waals surface area contributed by atoms with Gasteiger partial charge in [-0.1, -0.05) is 164 Å². The first-order valence-corrected chi connectivity index (χ1v) is 23.9. The monoisotopic (exact) mass is 904 g/mol. The van der Waals surface area contributed by atoms with E-state index < -0.39 is 0 Å². The van der Waals surface area contributed by atoms with Crippen molar-refractivity contribution in [3.63, 3.8) is 0 Å². The number of fused-ring (bicyclic) bond motifs is 9. The van der Waals surface area contributed by atoms with E-state index in [9.17, 15) is 5.26 Å². The van der Waals surface area contributed by atoms with Gasteiger partial charge in [-0.2, -0.15) is 5.26 Å². The van der Waals surface area contributed by atoms with Gasteiger partial charge in [-0.15, -0.1) is 0 Å². The molecular formula is C65H40N6. The van der Waals surface area contributed by atoms with Crippen LogP contribution in [0.2, 0.25) is 0 Å². The summed E-state index contributed by atoms with van der Waals surface area (Å²) < 4.78 is 7.02. The molecule has 6 heteroatoms. The Labute approximate surface area is 408 Å². The molecular weight excluding hydrogens is 865 g/mol. The second-order valence-electron chi connectivity index (χ2n) is 18.1. The third-order valence-electron chi connectivity index (χ3n) is 14.1. The van der Waals surface area contributed by atoms with Crippen molar-refractivity contribution in [2.24, 2.45) is 0 Å². The van der Waals surface area contributed by atoms with E-state index in [-0.39, 0.29) is 0 Å². The third-order valence-corrected chi connectivity index (χ3v) is 14.1. The van der Waals surface area contributed by atoms with Crippen LogP contribution in [0.25, 0.3) is 128 Å². The Morgan fingerprint density at radius 1 is 0.296 bits per heavy atom. The van der Waals surface area contributed by atoms with Crippen molar-refractivity contribution in [3.05, 3.63) is 248 Å². The molecule has 0 saturated heterocycles. The van der Waals surface area contributed by atoms with Crippen LogP contribution in [-0.2, 0) is 0 Å². The quantitative estimate of drug-likeness (QED) is 0.160. The van der Waals surface area contributed by atoms with E-state index in [0.717, 1.165) is 100 Å². The van der Waals surface area contributed by atoms with Gasteiger partial charge in [0.05, 0.1) is 55.7 Å². The van der Waals surface area contributed by atoms with Crippen LogP contribution in [0.15, 0.2) is 243 Å². The average Bonchev–Trinajstić information content (AvgIpc) is 4.08. The maximum Gasteiger partial charge on any atom is 0.160 e. The highest BCUT2D eigenvalue weighted by atomic mass is 15.0. The second-order valence-corrected chi connectivity index (χ2v) is 18.1. The molecule has 0 radical (unpaired) electrons. The maximum absolute atomic E-state index is 11.0. The van der Waals surface area contributed by atoms with Crippen molar-refractivity contribution in [2.45, 2.75) is 0 Å². The van der Waals surface area contributed by atoms with Crippen LogP contribution >= 0.6 is 0 Å². The summed E-state index contributed by atoms with van der Waals surface area (Å²) in [5.74, 6) is 0.677. The Morgan fingerprint density at radius 2 is 0.690 bits per heavy atom. The van der Waals surface area contributed by atoms with Crippen LogP contribution in [-0.4, -0.2) is 23.7 Å². The van der Waals surface area contributed by atoms with Gasteiger partial charge in [-0.3, -0.25) is 0 Å². The summed E-state index contributed by atoms with van der Waals surface area (Å²) in [6.07, 6.45) is 0. The van der Waals surface area contributed by atoms with Gasteiger partial charge in [-0.25, -0.2) is 9.97 Å². The number of hydrogen-bond acceptors (Lipinski definition) is 3. The molecule has 4 heterocycles. The average molecular weight is 905 g/mol. The topological polar surface area (TPSA) is 64.4 Å². The number of para-hydroxylation sites is 4. The number of benzene rings is 10. The van der Waals surface area contributed by atoms with Crippen LogP contribution in [0.3, 0.4) is 0 Å². The molecule has 0 amide bonds. The fourth-order valence-electron chi connectivity index (χ4n) is 10.8. The zero-order valence-electron chi connectivity index (χ0n) is 38.3. The fourth-order valence-corrected chi connectivity index (χ4v) is 10.8. The Bertz CT molecular complexity index is 4120. The van der Waals surface area contributed by atoms with Crippen LogP contribution in [0, 0.1) is 11.3 Å². The molecule has 0 unspecified atom stereocenters. The zero-order chi connectivity index (χ0) is 47.0. The molecule has 71 heavy (non-hydrogen) atoms. The predicted molar refractivity (Wildman–Crippen MR) is 292 cm³/mol. The lowest BCUT2D eigenvalue weighted by atomic mass is 9.99. The van der Waals surface area contributed by atoms with E-state index in [0.29, 0.717) is 11.4 Å². The molecule has 0 bridgehead atoms. The van der Waals surface area contributed by atoms with E-state index >= 15 is 0 Å². The first kappa shape index (κ1) is 40.3. The molecule has 0 N–H and O–H groups in total. The highest BCUT2D eigenvalue weighted by Crippen LogP contribution is 2.41. The summed E-state index contributed by atoms with van der Waals surface area (Å²) in [7, 11) is 0. The standard InChI is InChI=1S/C65H40N6/c66-41-47-37-46(42-27-29-44(30-28-42)57-40-56(43-15-3-1-4-16-43)67-65(68-57)45-17-5-2-6-18-45)31-34-58(47)71-63-35-32-48(69-59-23-11-7-19-50(59)51-20-8-12-24-60(51)69)38-54(63)55-39-49(33-36-64(55)71)70-61-25-13-9-21-52(61)53-22-10-14-26-62(53)70/h1-40H. The molecule has 0 aliphatic heterocycles. The number of hydrogen-bond donors (Lipinski definition) is 0. The van der Waals surface area contributed by atoms with Gasteiger partial charge in [0.15, 0.2) is 5.82 Å². The van der Waals surface area contributed by atoms with Gasteiger partial charge in [0.2, 0.25) is 0 Å². The van der Waals surface area contributed by atoms with Crippen LogP contribution < -0.4 is 0 Å². The van der Waals surface area contributed by atoms with Gasteiger partial charge in [-0.05, 0) is 90.0 Å². The van der Waals surface area contributed by atoms with Crippen molar-refractivity contribution in [1.82, 2.24) is 23.7 Å². The molecule has 0 aliphatic rings. The zero-order valence-corrected chi connectivity index (χ0v) is 38.3. The third kappa shape index (κ3) is 6.49. The molecule has 330 valence electrons. The molecule has 14 aromatic rings. The smallest absolute Gasteiger partial charge is 0.160 e. The largest absolute Gasteiger partial charge is 0.309 e. The minimum absolute atomic E-state index is 0.583. The minimum Gasteiger partial charge on any atom is -0.309 e.